The Balaban J connectivity index is 1.70. The second-order valence-electron chi connectivity index (χ2n) is 5.17. The van der Waals surface area contributed by atoms with Crippen molar-refractivity contribution in [2.45, 2.75) is 45.7 Å². The van der Waals surface area contributed by atoms with Crippen molar-refractivity contribution in [1.29, 1.82) is 0 Å². The van der Waals surface area contributed by atoms with Gasteiger partial charge in [0.2, 0.25) is 10.0 Å². The standard InChI is InChI=1S/C13H22N2O2S2/c1-10-8-13(18-11(10)2)9-15-19(16,17)7-3-6-14-12-4-5-12/h8,12,14-15H,3-7,9H2,1-2H3. The Labute approximate surface area is 119 Å². The molecule has 4 nitrogen and oxygen atoms in total. The summed E-state index contributed by atoms with van der Waals surface area (Å²) in [6.45, 7) is 5.31. The van der Waals surface area contributed by atoms with Crippen LogP contribution in [0.5, 0.6) is 0 Å². The molecule has 1 aromatic heterocycles. The van der Waals surface area contributed by atoms with Crippen molar-refractivity contribution in [1.82, 2.24) is 10.0 Å². The average Bonchev–Trinajstić information content (AvgIpc) is 3.10. The quantitative estimate of drug-likeness (QED) is 0.721. The minimum atomic E-state index is -3.14. The Morgan fingerprint density at radius 3 is 2.68 bits per heavy atom. The van der Waals surface area contributed by atoms with E-state index < -0.39 is 10.0 Å². The van der Waals surface area contributed by atoms with Crippen molar-refractivity contribution in [3.8, 4) is 0 Å². The fraction of sp³-hybridized carbons (Fsp3) is 0.692. The number of hydrogen-bond acceptors (Lipinski definition) is 4. The Hall–Kier alpha value is -0.430. The molecule has 0 amide bonds. The Morgan fingerprint density at radius 1 is 1.37 bits per heavy atom. The van der Waals surface area contributed by atoms with Gasteiger partial charge in [-0.15, -0.1) is 11.3 Å². The zero-order chi connectivity index (χ0) is 13.9. The Kier molecular flexibility index (Phi) is 5.00. The summed E-state index contributed by atoms with van der Waals surface area (Å²) < 4.78 is 26.3. The second-order valence-corrected chi connectivity index (χ2v) is 8.44. The SMILES string of the molecule is Cc1cc(CNS(=O)(=O)CCCNC2CC2)sc1C. The fourth-order valence-electron chi connectivity index (χ4n) is 1.85. The van der Waals surface area contributed by atoms with Crippen molar-refractivity contribution < 1.29 is 8.42 Å². The van der Waals surface area contributed by atoms with Crippen molar-refractivity contribution in [2.24, 2.45) is 0 Å². The van der Waals surface area contributed by atoms with Crippen molar-refractivity contribution in [3.63, 3.8) is 0 Å². The normalized spacial score (nSPS) is 15.9. The summed E-state index contributed by atoms with van der Waals surface area (Å²) in [5, 5.41) is 3.32. The van der Waals surface area contributed by atoms with E-state index in [1.165, 1.54) is 23.3 Å². The predicted molar refractivity (Wildman–Crippen MR) is 80.1 cm³/mol. The molecule has 0 radical (unpaired) electrons. The number of sulfonamides is 1. The first-order valence-corrected chi connectivity index (χ1v) is 9.20. The van der Waals surface area contributed by atoms with E-state index in [4.69, 9.17) is 0 Å². The van der Waals surface area contributed by atoms with Gasteiger partial charge in [0.15, 0.2) is 0 Å². The third kappa shape index (κ3) is 5.22. The maximum atomic E-state index is 11.8. The van der Waals surface area contributed by atoms with E-state index >= 15 is 0 Å². The molecule has 0 aromatic carbocycles. The van der Waals surface area contributed by atoms with Gasteiger partial charge in [0, 0.05) is 22.3 Å². The molecule has 1 aromatic rings. The van der Waals surface area contributed by atoms with Crippen molar-refractivity contribution >= 4 is 21.4 Å². The molecule has 1 aliphatic rings. The molecule has 0 saturated heterocycles. The van der Waals surface area contributed by atoms with Crippen LogP contribution < -0.4 is 10.0 Å². The summed E-state index contributed by atoms with van der Waals surface area (Å²) in [6.07, 6.45) is 3.15. The van der Waals surface area contributed by atoms with Gasteiger partial charge < -0.3 is 5.32 Å². The Bertz CT molecular complexity index is 499. The van der Waals surface area contributed by atoms with E-state index in [1.54, 1.807) is 11.3 Å². The number of thiophene rings is 1. The first-order valence-electron chi connectivity index (χ1n) is 6.73. The molecule has 108 valence electrons. The summed E-state index contributed by atoms with van der Waals surface area (Å²) in [5.41, 5.74) is 1.23. The fourth-order valence-corrected chi connectivity index (χ4v) is 3.97. The van der Waals surface area contributed by atoms with Gasteiger partial charge in [-0.05, 0) is 51.3 Å². The molecule has 1 aliphatic carbocycles. The molecule has 0 bridgehead atoms. The van der Waals surface area contributed by atoms with Crippen LogP contribution in [0.15, 0.2) is 6.07 Å². The van der Waals surface area contributed by atoms with Gasteiger partial charge in [-0.3, -0.25) is 0 Å². The summed E-state index contributed by atoms with van der Waals surface area (Å²) in [6, 6.07) is 2.70. The van der Waals surface area contributed by atoms with Crippen molar-refractivity contribution in [2.75, 3.05) is 12.3 Å². The lowest BCUT2D eigenvalue weighted by atomic mass is 10.3. The maximum Gasteiger partial charge on any atom is 0.211 e. The molecule has 0 spiro atoms. The van der Waals surface area contributed by atoms with Crippen LogP contribution >= 0.6 is 11.3 Å². The molecule has 6 heteroatoms. The minimum absolute atomic E-state index is 0.204. The lowest BCUT2D eigenvalue weighted by molar-refractivity contribution is 0.574. The molecule has 2 rings (SSSR count). The number of rotatable bonds is 8. The van der Waals surface area contributed by atoms with Crippen LogP contribution in [0.4, 0.5) is 0 Å². The van der Waals surface area contributed by atoms with Gasteiger partial charge in [-0.2, -0.15) is 0 Å². The van der Waals surface area contributed by atoms with Crippen LogP contribution in [0.3, 0.4) is 0 Å². The van der Waals surface area contributed by atoms with Gasteiger partial charge in [0.05, 0.1) is 5.75 Å². The highest BCUT2D eigenvalue weighted by molar-refractivity contribution is 7.89. The molecular formula is C13H22N2O2S2. The summed E-state index contributed by atoms with van der Waals surface area (Å²) in [5.74, 6) is 0.204. The molecule has 0 aliphatic heterocycles. The van der Waals surface area contributed by atoms with Crippen LogP contribution in [0, 0.1) is 13.8 Å². The van der Waals surface area contributed by atoms with Crippen LogP contribution in [0.2, 0.25) is 0 Å². The third-order valence-corrected chi connectivity index (χ3v) is 5.85. The van der Waals surface area contributed by atoms with Crippen LogP contribution in [-0.2, 0) is 16.6 Å². The van der Waals surface area contributed by atoms with E-state index in [2.05, 4.69) is 23.0 Å². The molecule has 1 saturated carbocycles. The average molecular weight is 302 g/mol. The minimum Gasteiger partial charge on any atom is -0.314 e. The molecule has 0 atom stereocenters. The third-order valence-electron chi connectivity index (χ3n) is 3.28. The summed E-state index contributed by atoms with van der Waals surface area (Å²) in [7, 11) is -3.14. The molecule has 0 unspecified atom stereocenters. The zero-order valence-corrected chi connectivity index (χ0v) is 13.2. The first-order chi connectivity index (χ1) is 8.96. The second kappa shape index (κ2) is 6.35. The van der Waals surface area contributed by atoms with E-state index in [9.17, 15) is 8.42 Å². The van der Waals surface area contributed by atoms with Crippen LogP contribution in [-0.4, -0.2) is 26.8 Å². The van der Waals surface area contributed by atoms with Gasteiger partial charge >= 0.3 is 0 Å². The number of aryl methyl sites for hydroxylation is 2. The Morgan fingerprint density at radius 2 is 2.11 bits per heavy atom. The first kappa shape index (κ1) is 15.0. The lowest BCUT2D eigenvalue weighted by Crippen LogP contribution is -2.28. The lowest BCUT2D eigenvalue weighted by Gasteiger charge is -2.06. The summed E-state index contributed by atoms with van der Waals surface area (Å²) >= 11 is 1.66. The summed E-state index contributed by atoms with van der Waals surface area (Å²) in [4.78, 5) is 2.33. The van der Waals surface area contributed by atoms with Crippen LogP contribution in [0.25, 0.3) is 0 Å². The monoisotopic (exact) mass is 302 g/mol. The van der Waals surface area contributed by atoms with Crippen LogP contribution in [0.1, 0.15) is 34.6 Å². The molecule has 1 fully saturated rings. The van der Waals surface area contributed by atoms with E-state index in [1.807, 2.05) is 6.92 Å². The van der Waals surface area contributed by atoms with Gasteiger partial charge in [0.1, 0.15) is 0 Å². The largest absolute Gasteiger partial charge is 0.314 e. The van der Waals surface area contributed by atoms with E-state index in [-0.39, 0.29) is 5.75 Å². The smallest absolute Gasteiger partial charge is 0.211 e. The highest BCUT2D eigenvalue weighted by Crippen LogP contribution is 2.20. The number of hydrogen-bond donors (Lipinski definition) is 2. The highest BCUT2D eigenvalue weighted by atomic mass is 32.2. The molecule has 1 heterocycles. The zero-order valence-electron chi connectivity index (χ0n) is 11.5. The topological polar surface area (TPSA) is 58.2 Å². The van der Waals surface area contributed by atoms with E-state index in [0.29, 0.717) is 19.0 Å². The number of nitrogens with one attached hydrogen (secondary N) is 2. The molecular weight excluding hydrogens is 280 g/mol. The van der Waals surface area contributed by atoms with Gasteiger partial charge in [-0.1, -0.05) is 0 Å². The van der Waals surface area contributed by atoms with Gasteiger partial charge in [0.25, 0.3) is 0 Å². The van der Waals surface area contributed by atoms with Crippen molar-refractivity contribution in [3.05, 3.63) is 21.4 Å². The molecule has 19 heavy (non-hydrogen) atoms. The van der Waals surface area contributed by atoms with E-state index in [0.717, 1.165) is 11.4 Å². The predicted octanol–water partition coefficient (Wildman–Crippen LogP) is 1.93. The maximum absolute atomic E-state index is 11.8. The molecule has 2 N–H and O–H groups in total. The highest BCUT2D eigenvalue weighted by Gasteiger charge is 2.20. The van der Waals surface area contributed by atoms with Gasteiger partial charge in [-0.25, -0.2) is 13.1 Å².